The van der Waals surface area contributed by atoms with Crippen molar-refractivity contribution in [2.75, 3.05) is 10.8 Å². The average Bonchev–Trinajstić information content (AvgIpc) is 2.96. The molecule has 1 aliphatic carbocycles. The Hall–Kier alpha value is -1.63. The highest BCUT2D eigenvalue weighted by molar-refractivity contribution is 7.94. The molecule has 19 heavy (non-hydrogen) atoms. The highest BCUT2D eigenvalue weighted by Crippen LogP contribution is 2.48. The zero-order valence-electron chi connectivity index (χ0n) is 10.5. The van der Waals surface area contributed by atoms with Gasteiger partial charge in [-0.3, -0.25) is 14.4 Å². The summed E-state index contributed by atoms with van der Waals surface area (Å²) in [6.07, 6.45) is 1.73. The van der Waals surface area contributed by atoms with Crippen molar-refractivity contribution in [3.05, 3.63) is 33.9 Å². The van der Waals surface area contributed by atoms with Gasteiger partial charge in [0, 0.05) is 12.6 Å². The summed E-state index contributed by atoms with van der Waals surface area (Å²) in [4.78, 5) is 10.5. The van der Waals surface area contributed by atoms with Crippen LogP contribution in [0.3, 0.4) is 0 Å². The van der Waals surface area contributed by atoms with E-state index in [4.69, 9.17) is 0 Å². The Bertz CT molecular complexity index is 664. The Morgan fingerprint density at radius 2 is 2.05 bits per heavy atom. The fraction of sp³-hybridized carbons (Fsp3) is 0.500. The molecule has 0 unspecified atom stereocenters. The van der Waals surface area contributed by atoms with E-state index in [2.05, 4.69) is 0 Å². The van der Waals surface area contributed by atoms with Crippen LogP contribution in [0.4, 0.5) is 11.4 Å². The number of fused-ring (bicyclic) bond motifs is 1. The van der Waals surface area contributed by atoms with Crippen LogP contribution >= 0.6 is 0 Å². The molecule has 6 nitrogen and oxygen atoms in total. The Morgan fingerprint density at radius 3 is 2.63 bits per heavy atom. The highest BCUT2D eigenvalue weighted by Gasteiger charge is 2.54. The van der Waals surface area contributed by atoms with E-state index in [0.717, 1.165) is 0 Å². The first-order chi connectivity index (χ1) is 8.87. The van der Waals surface area contributed by atoms with Gasteiger partial charge in [-0.1, -0.05) is 6.07 Å². The maximum absolute atomic E-state index is 12.5. The average molecular weight is 282 g/mol. The van der Waals surface area contributed by atoms with Crippen molar-refractivity contribution in [3.63, 3.8) is 0 Å². The SMILES string of the molecule is CC1(S(=O)(=O)N2CCc3c2cccc3[N+](=O)[O-])CC1. The summed E-state index contributed by atoms with van der Waals surface area (Å²) in [5, 5.41) is 11.0. The molecule has 2 aliphatic rings. The van der Waals surface area contributed by atoms with Crippen LogP contribution in [0.5, 0.6) is 0 Å². The van der Waals surface area contributed by atoms with Gasteiger partial charge in [-0.05, 0) is 32.3 Å². The van der Waals surface area contributed by atoms with E-state index in [1.807, 2.05) is 0 Å². The van der Waals surface area contributed by atoms with Crippen molar-refractivity contribution < 1.29 is 13.3 Å². The van der Waals surface area contributed by atoms with Gasteiger partial charge in [0.05, 0.1) is 20.9 Å². The van der Waals surface area contributed by atoms with Crippen LogP contribution in [0, 0.1) is 10.1 Å². The number of nitro benzene ring substituents is 1. The maximum Gasteiger partial charge on any atom is 0.274 e. The molecule has 0 spiro atoms. The lowest BCUT2D eigenvalue weighted by Gasteiger charge is -2.23. The zero-order valence-corrected chi connectivity index (χ0v) is 11.3. The van der Waals surface area contributed by atoms with Crippen LogP contribution in [0.2, 0.25) is 0 Å². The lowest BCUT2D eigenvalue weighted by atomic mass is 10.1. The molecule has 0 saturated heterocycles. The first-order valence-electron chi connectivity index (χ1n) is 6.15. The van der Waals surface area contributed by atoms with E-state index >= 15 is 0 Å². The van der Waals surface area contributed by atoms with E-state index in [1.54, 1.807) is 19.1 Å². The van der Waals surface area contributed by atoms with Gasteiger partial charge in [-0.15, -0.1) is 0 Å². The summed E-state index contributed by atoms with van der Waals surface area (Å²) in [7, 11) is -3.41. The van der Waals surface area contributed by atoms with Crippen molar-refractivity contribution in [2.24, 2.45) is 0 Å². The molecule has 0 atom stereocenters. The van der Waals surface area contributed by atoms with Gasteiger partial charge in [0.15, 0.2) is 0 Å². The molecule has 1 aliphatic heterocycles. The normalized spacial score (nSPS) is 20.2. The first-order valence-corrected chi connectivity index (χ1v) is 7.59. The molecule has 102 valence electrons. The number of sulfonamides is 1. The molecule has 1 saturated carbocycles. The van der Waals surface area contributed by atoms with Crippen LogP contribution in [-0.2, 0) is 16.4 Å². The van der Waals surface area contributed by atoms with Crippen LogP contribution in [0.25, 0.3) is 0 Å². The first kappa shape index (κ1) is 12.4. The second-order valence-corrected chi connectivity index (χ2v) is 7.69. The van der Waals surface area contributed by atoms with Gasteiger partial charge in [-0.2, -0.15) is 0 Å². The molecule has 1 fully saturated rings. The fourth-order valence-electron chi connectivity index (χ4n) is 2.51. The molecular weight excluding hydrogens is 268 g/mol. The summed E-state index contributed by atoms with van der Waals surface area (Å²) in [5.74, 6) is 0. The summed E-state index contributed by atoms with van der Waals surface area (Å²) in [5.41, 5.74) is 1.01. The number of hydrogen-bond donors (Lipinski definition) is 0. The third-order valence-corrected chi connectivity index (χ3v) is 6.64. The van der Waals surface area contributed by atoms with Gasteiger partial charge in [0.2, 0.25) is 10.0 Å². The van der Waals surface area contributed by atoms with Crippen molar-refractivity contribution in [2.45, 2.75) is 30.9 Å². The number of anilines is 1. The molecule has 1 heterocycles. The number of rotatable bonds is 3. The number of nitrogens with zero attached hydrogens (tertiary/aromatic N) is 2. The Labute approximate surface area is 111 Å². The van der Waals surface area contributed by atoms with Gasteiger partial charge in [-0.25, -0.2) is 8.42 Å². The van der Waals surface area contributed by atoms with Crippen LogP contribution in [-0.4, -0.2) is 24.6 Å². The van der Waals surface area contributed by atoms with E-state index < -0.39 is 19.7 Å². The second kappa shape index (κ2) is 3.69. The minimum atomic E-state index is -3.41. The summed E-state index contributed by atoms with van der Waals surface area (Å²) in [6, 6.07) is 4.62. The van der Waals surface area contributed by atoms with Crippen LogP contribution in [0.1, 0.15) is 25.3 Å². The predicted molar refractivity (Wildman–Crippen MR) is 70.7 cm³/mol. The largest absolute Gasteiger partial charge is 0.274 e. The van der Waals surface area contributed by atoms with E-state index in [0.29, 0.717) is 37.1 Å². The maximum atomic E-state index is 12.5. The van der Waals surface area contributed by atoms with Crippen molar-refractivity contribution in [3.8, 4) is 0 Å². The van der Waals surface area contributed by atoms with Crippen molar-refractivity contribution in [1.82, 2.24) is 0 Å². The van der Waals surface area contributed by atoms with E-state index in [9.17, 15) is 18.5 Å². The topological polar surface area (TPSA) is 80.5 Å². The standard InChI is InChI=1S/C12H14N2O4S/c1-12(6-7-12)19(17,18)13-8-5-9-10(13)3-2-4-11(9)14(15)16/h2-4H,5-8H2,1H3. The molecule has 1 aromatic carbocycles. The molecule has 0 bridgehead atoms. The minimum Gasteiger partial charge on any atom is -0.269 e. The van der Waals surface area contributed by atoms with Gasteiger partial charge < -0.3 is 0 Å². The fourth-order valence-corrected chi connectivity index (χ4v) is 4.42. The van der Waals surface area contributed by atoms with Crippen molar-refractivity contribution in [1.29, 1.82) is 0 Å². The minimum absolute atomic E-state index is 0.0103. The second-order valence-electron chi connectivity index (χ2n) is 5.31. The molecule has 0 radical (unpaired) electrons. The molecule has 1 aromatic rings. The van der Waals surface area contributed by atoms with Gasteiger partial charge >= 0.3 is 0 Å². The molecule has 0 aromatic heterocycles. The Balaban J connectivity index is 2.09. The Morgan fingerprint density at radius 1 is 1.37 bits per heavy atom. The third kappa shape index (κ3) is 1.64. The monoisotopic (exact) mass is 282 g/mol. The number of nitro groups is 1. The molecule has 3 rings (SSSR count). The summed E-state index contributed by atoms with van der Waals surface area (Å²) in [6.45, 7) is 2.04. The highest BCUT2D eigenvalue weighted by atomic mass is 32.2. The molecule has 7 heteroatoms. The summed E-state index contributed by atoms with van der Waals surface area (Å²) < 4.78 is 25.7. The molecule has 0 N–H and O–H groups in total. The Kier molecular flexibility index (Phi) is 2.41. The van der Waals surface area contributed by atoms with E-state index in [-0.39, 0.29) is 5.69 Å². The number of hydrogen-bond acceptors (Lipinski definition) is 4. The van der Waals surface area contributed by atoms with E-state index in [1.165, 1.54) is 10.4 Å². The van der Waals surface area contributed by atoms with Gasteiger partial charge in [0.25, 0.3) is 5.69 Å². The lowest BCUT2D eigenvalue weighted by molar-refractivity contribution is -0.385. The quantitative estimate of drug-likeness (QED) is 0.625. The lowest BCUT2D eigenvalue weighted by Crippen LogP contribution is -2.37. The third-order valence-electron chi connectivity index (χ3n) is 4.02. The predicted octanol–water partition coefficient (Wildman–Crippen LogP) is 1.84. The molecular formula is C12H14N2O4S. The van der Waals surface area contributed by atoms with Gasteiger partial charge in [0.1, 0.15) is 0 Å². The van der Waals surface area contributed by atoms with Crippen LogP contribution < -0.4 is 4.31 Å². The smallest absolute Gasteiger partial charge is 0.269 e. The number of benzene rings is 1. The zero-order chi connectivity index (χ0) is 13.8. The van der Waals surface area contributed by atoms with Crippen LogP contribution in [0.15, 0.2) is 18.2 Å². The molecule has 0 amide bonds. The van der Waals surface area contributed by atoms with Crippen molar-refractivity contribution >= 4 is 21.4 Å². The summed E-state index contributed by atoms with van der Waals surface area (Å²) >= 11 is 0.